The minimum absolute atomic E-state index is 0.0565. The van der Waals surface area contributed by atoms with Gasteiger partial charge in [-0.1, -0.05) is 0 Å². The second kappa shape index (κ2) is 4.00. The number of aliphatic hydroxyl groups is 1. The van der Waals surface area contributed by atoms with Crippen molar-refractivity contribution < 1.29 is 5.11 Å². The molecule has 2 unspecified atom stereocenters. The first kappa shape index (κ1) is 11.0. The van der Waals surface area contributed by atoms with Gasteiger partial charge in [-0.25, -0.2) is 0 Å². The Morgan fingerprint density at radius 1 is 1.71 bits per heavy atom. The molecule has 0 bridgehead atoms. The van der Waals surface area contributed by atoms with Crippen molar-refractivity contribution in [3.8, 4) is 0 Å². The fourth-order valence-electron chi connectivity index (χ4n) is 1.83. The molecule has 0 aromatic carbocycles. The topological polar surface area (TPSA) is 82.1 Å². The minimum Gasteiger partial charge on any atom is -0.396 e. The first-order chi connectivity index (χ1) is 6.47. The maximum atomic E-state index is 9.97. The van der Waals surface area contributed by atoms with Crippen molar-refractivity contribution in [1.82, 2.24) is 5.32 Å². The van der Waals surface area contributed by atoms with Crippen molar-refractivity contribution in [2.45, 2.75) is 44.8 Å². The van der Waals surface area contributed by atoms with Crippen LogP contribution in [0.5, 0.6) is 0 Å². The van der Waals surface area contributed by atoms with Gasteiger partial charge in [0.1, 0.15) is 0 Å². The molecule has 1 rings (SSSR count). The van der Waals surface area contributed by atoms with Gasteiger partial charge in [-0.2, -0.15) is 0 Å². The summed E-state index contributed by atoms with van der Waals surface area (Å²) in [5.41, 5.74) is 6.12. The van der Waals surface area contributed by atoms with E-state index >= 15 is 0 Å². The van der Waals surface area contributed by atoms with Gasteiger partial charge in [0.25, 0.3) is 0 Å². The summed E-state index contributed by atoms with van der Waals surface area (Å²) >= 11 is 0. The molecule has 1 aliphatic rings. The molecule has 5 N–H and O–H groups in total. The maximum absolute atomic E-state index is 9.97. The molecule has 80 valence electrons. The minimum atomic E-state index is -0.649. The Kier molecular flexibility index (Phi) is 3.16. The van der Waals surface area contributed by atoms with Gasteiger partial charge >= 0.3 is 0 Å². The van der Waals surface area contributed by atoms with E-state index < -0.39 is 5.60 Å². The Balaban J connectivity index is 2.65. The standard InChI is InChI=1S/C10H19N3O/c1-7(8(12)6-11)13-9-4-3-5-10(9,2)14/h6,9,11,13-14H,3-5,12H2,1-2H3/b8-7+,11-6?. The molecule has 14 heavy (non-hydrogen) atoms. The van der Waals surface area contributed by atoms with Crippen LogP contribution >= 0.6 is 0 Å². The van der Waals surface area contributed by atoms with Crippen LogP contribution in [0.15, 0.2) is 11.4 Å². The quantitative estimate of drug-likeness (QED) is 0.503. The second-order valence-electron chi connectivity index (χ2n) is 4.17. The lowest BCUT2D eigenvalue weighted by atomic mass is 10.0. The summed E-state index contributed by atoms with van der Waals surface area (Å²) < 4.78 is 0. The van der Waals surface area contributed by atoms with E-state index in [-0.39, 0.29) is 6.04 Å². The van der Waals surface area contributed by atoms with Gasteiger partial charge in [-0.05, 0) is 33.1 Å². The molecule has 4 heteroatoms. The fourth-order valence-corrected chi connectivity index (χ4v) is 1.83. The zero-order valence-electron chi connectivity index (χ0n) is 8.80. The molecule has 0 saturated heterocycles. The fraction of sp³-hybridized carbons (Fsp3) is 0.700. The highest BCUT2D eigenvalue weighted by molar-refractivity contribution is 5.75. The molecular formula is C10H19N3O. The molecule has 0 aliphatic heterocycles. The van der Waals surface area contributed by atoms with E-state index in [2.05, 4.69) is 5.32 Å². The van der Waals surface area contributed by atoms with E-state index in [1.165, 1.54) is 0 Å². The average molecular weight is 197 g/mol. The first-order valence-corrected chi connectivity index (χ1v) is 4.93. The van der Waals surface area contributed by atoms with E-state index in [9.17, 15) is 5.11 Å². The molecule has 0 heterocycles. The highest BCUT2D eigenvalue weighted by Crippen LogP contribution is 2.29. The zero-order valence-corrected chi connectivity index (χ0v) is 8.80. The van der Waals surface area contributed by atoms with Crippen LogP contribution < -0.4 is 11.1 Å². The normalized spacial score (nSPS) is 33.8. The summed E-state index contributed by atoms with van der Waals surface area (Å²) in [6, 6.07) is 0.0565. The number of nitrogens with two attached hydrogens (primary N) is 1. The molecule has 1 fully saturated rings. The summed E-state index contributed by atoms with van der Waals surface area (Å²) in [5, 5.41) is 20.1. The Bertz CT molecular complexity index is 258. The molecule has 2 atom stereocenters. The van der Waals surface area contributed by atoms with E-state index in [4.69, 9.17) is 11.1 Å². The lowest BCUT2D eigenvalue weighted by Gasteiger charge is -2.27. The predicted molar refractivity (Wildman–Crippen MR) is 57.1 cm³/mol. The van der Waals surface area contributed by atoms with E-state index in [1.54, 1.807) is 0 Å². The highest BCUT2D eigenvalue weighted by Gasteiger charge is 2.36. The Labute approximate surface area is 84.7 Å². The van der Waals surface area contributed by atoms with Crippen LogP contribution in [0.3, 0.4) is 0 Å². The zero-order chi connectivity index (χ0) is 10.8. The highest BCUT2D eigenvalue weighted by atomic mass is 16.3. The van der Waals surface area contributed by atoms with Gasteiger partial charge in [0.05, 0.1) is 17.3 Å². The monoisotopic (exact) mass is 197 g/mol. The number of hydrogen-bond donors (Lipinski definition) is 4. The number of nitrogens with one attached hydrogen (secondary N) is 2. The van der Waals surface area contributed by atoms with Gasteiger partial charge in [0.15, 0.2) is 0 Å². The summed E-state index contributed by atoms with van der Waals surface area (Å²) in [4.78, 5) is 0. The van der Waals surface area contributed by atoms with Crippen LogP contribution in [0.4, 0.5) is 0 Å². The number of rotatable bonds is 3. The second-order valence-corrected chi connectivity index (χ2v) is 4.17. The van der Waals surface area contributed by atoms with E-state index in [0.29, 0.717) is 5.70 Å². The third kappa shape index (κ3) is 2.26. The van der Waals surface area contributed by atoms with Gasteiger partial charge < -0.3 is 21.6 Å². The van der Waals surface area contributed by atoms with Gasteiger partial charge in [-0.15, -0.1) is 0 Å². The molecule has 0 spiro atoms. The third-order valence-electron chi connectivity index (χ3n) is 2.91. The van der Waals surface area contributed by atoms with Crippen molar-refractivity contribution in [1.29, 1.82) is 5.41 Å². The number of allylic oxidation sites excluding steroid dienone is 2. The largest absolute Gasteiger partial charge is 0.396 e. The molecule has 1 saturated carbocycles. The third-order valence-corrected chi connectivity index (χ3v) is 2.91. The van der Waals surface area contributed by atoms with Crippen LogP contribution in [0.25, 0.3) is 0 Å². The molecule has 0 aromatic heterocycles. The lowest BCUT2D eigenvalue weighted by molar-refractivity contribution is 0.0425. The average Bonchev–Trinajstić information content (AvgIpc) is 2.44. The molecule has 0 amide bonds. The van der Waals surface area contributed by atoms with Gasteiger partial charge in [-0.3, -0.25) is 0 Å². The Morgan fingerprint density at radius 3 is 2.79 bits per heavy atom. The predicted octanol–water partition coefficient (Wildman–Crippen LogP) is 0.719. The molecule has 4 nitrogen and oxygen atoms in total. The van der Waals surface area contributed by atoms with Crippen LogP contribution in [0, 0.1) is 5.41 Å². The summed E-state index contributed by atoms with van der Waals surface area (Å²) in [5.74, 6) is 0. The molecule has 0 radical (unpaired) electrons. The Morgan fingerprint density at radius 2 is 2.36 bits per heavy atom. The van der Waals surface area contributed by atoms with Crippen molar-refractivity contribution in [3.05, 3.63) is 11.4 Å². The smallest absolute Gasteiger partial charge is 0.0819 e. The summed E-state index contributed by atoms with van der Waals surface area (Å²) in [6.45, 7) is 3.67. The van der Waals surface area contributed by atoms with Crippen LogP contribution in [-0.2, 0) is 0 Å². The van der Waals surface area contributed by atoms with E-state index in [0.717, 1.165) is 31.2 Å². The van der Waals surface area contributed by atoms with Crippen molar-refractivity contribution in [2.24, 2.45) is 5.73 Å². The molecule has 0 aromatic rings. The molecular weight excluding hydrogens is 178 g/mol. The van der Waals surface area contributed by atoms with Gasteiger partial charge in [0.2, 0.25) is 0 Å². The SMILES string of the molecule is C/C(NC1CCCC1(C)O)=C(\N)C=N. The summed E-state index contributed by atoms with van der Waals surface area (Å²) in [7, 11) is 0. The number of hydrogen-bond acceptors (Lipinski definition) is 4. The summed E-state index contributed by atoms with van der Waals surface area (Å²) in [6.07, 6.45) is 3.92. The van der Waals surface area contributed by atoms with Crippen molar-refractivity contribution in [3.63, 3.8) is 0 Å². The van der Waals surface area contributed by atoms with E-state index in [1.807, 2.05) is 13.8 Å². The van der Waals surface area contributed by atoms with Crippen molar-refractivity contribution in [2.75, 3.05) is 0 Å². The lowest BCUT2D eigenvalue weighted by Crippen LogP contribution is -2.44. The van der Waals surface area contributed by atoms with Crippen LogP contribution in [0.2, 0.25) is 0 Å². The molecule has 1 aliphatic carbocycles. The Hall–Kier alpha value is -1.03. The maximum Gasteiger partial charge on any atom is 0.0819 e. The first-order valence-electron chi connectivity index (χ1n) is 4.93. The van der Waals surface area contributed by atoms with Gasteiger partial charge in [0, 0.05) is 11.9 Å². The van der Waals surface area contributed by atoms with Crippen LogP contribution in [-0.4, -0.2) is 23.0 Å². The van der Waals surface area contributed by atoms with Crippen molar-refractivity contribution >= 4 is 6.21 Å². The van der Waals surface area contributed by atoms with Crippen LogP contribution in [0.1, 0.15) is 33.1 Å².